The van der Waals surface area contributed by atoms with Crippen molar-refractivity contribution in [2.45, 2.75) is 38.6 Å². The van der Waals surface area contributed by atoms with E-state index in [1.165, 1.54) is 0 Å². The number of para-hydroxylation sites is 1. The lowest BCUT2D eigenvalue weighted by molar-refractivity contribution is -0.119. The van der Waals surface area contributed by atoms with Crippen molar-refractivity contribution in [1.29, 1.82) is 0 Å². The molecule has 2 N–H and O–H groups in total. The van der Waals surface area contributed by atoms with Gasteiger partial charge in [0.05, 0.1) is 13.2 Å². The van der Waals surface area contributed by atoms with E-state index in [0.29, 0.717) is 6.42 Å². The van der Waals surface area contributed by atoms with Gasteiger partial charge < -0.3 is 10.5 Å². The standard InChI is InChI=1S/C14H21NO2/c1-3-4-8-12(15)13(16)10-11-7-5-6-9-14(11)17-2/h5-7,9,12H,3-4,8,10,15H2,1-2H3. The molecular formula is C14H21NO2. The molecule has 0 bridgehead atoms. The number of ketones is 1. The third-order valence-corrected chi connectivity index (χ3v) is 2.84. The summed E-state index contributed by atoms with van der Waals surface area (Å²) in [6.07, 6.45) is 3.19. The highest BCUT2D eigenvalue weighted by molar-refractivity contribution is 5.86. The molecule has 0 heterocycles. The molecule has 0 aliphatic heterocycles. The summed E-state index contributed by atoms with van der Waals surface area (Å²) in [5.41, 5.74) is 6.76. The lowest BCUT2D eigenvalue weighted by Crippen LogP contribution is -2.31. The van der Waals surface area contributed by atoms with E-state index in [1.54, 1.807) is 7.11 Å². The molecule has 0 saturated heterocycles. The average molecular weight is 235 g/mol. The zero-order chi connectivity index (χ0) is 12.7. The third-order valence-electron chi connectivity index (χ3n) is 2.84. The highest BCUT2D eigenvalue weighted by Crippen LogP contribution is 2.18. The summed E-state index contributed by atoms with van der Waals surface area (Å²) in [5.74, 6) is 0.839. The topological polar surface area (TPSA) is 52.3 Å². The van der Waals surface area contributed by atoms with Gasteiger partial charge in [-0.15, -0.1) is 0 Å². The number of rotatable bonds is 7. The molecule has 0 aliphatic rings. The molecule has 0 radical (unpaired) electrons. The number of ether oxygens (including phenoxy) is 1. The second-order valence-corrected chi connectivity index (χ2v) is 4.20. The van der Waals surface area contributed by atoms with E-state index in [9.17, 15) is 4.79 Å². The third kappa shape index (κ3) is 4.19. The quantitative estimate of drug-likeness (QED) is 0.789. The Labute approximate surface area is 103 Å². The van der Waals surface area contributed by atoms with E-state index in [0.717, 1.165) is 30.6 Å². The smallest absolute Gasteiger partial charge is 0.154 e. The maximum absolute atomic E-state index is 11.9. The average Bonchev–Trinajstić information content (AvgIpc) is 2.36. The summed E-state index contributed by atoms with van der Waals surface area (Å²) < 4.78 is 5.21. The Morgan fingerprint density at radius 3 is 2.76 bits per heavy atom. The summed E-state index contributed by atoms with van der Waals surface area (Å²) in [6, 6.07) is 7.22. The van der Waals surface area contributed by atoms with Crippen LogP contribution in [0.5, 0.6) is 5.75 Å². The van der Waals surface area contributed by atoms with Crippen molar-refractivity contribution in [3.63, 3.8) is 0 Å². The number of hydrogen-bond acceptors (Lipinski definition) is 3. The second-order valence-electron chi connectivity index (χ2n) is 4.20. The first kappa shape index (κ1) is 13.7. The van der Waals surface area contributed by atoms with Crippen molar-refractivity contribution in [3.8, 4) is 5.75 Å². The van der Waals surface area contributed by atoms with Gasteiger partial charge in [-0.25, -0.2) is 0 Å². The SMILES string of the molecule is CCCCC(N)C(=O)Cc1ccccc1OC. The van der Waals surface area contributed by atoms with Crippen molar-refractivity contribution in [2.75, 3.05) is 7.11 Å². The van der Waals surface area contributed by atoms with Crippen LogP contribution in [0.25, 0.3) is 0 Å². The van der Waals surface area contributed by atoms with E-state index in [2.05, 4.69) is 6.92 Å². The first-order valence-electron chi connectivity index (χ1n) is 6.09. The van der Waals surface area contributed by atoms with Crippen LogP contribution in [0, 0.1) is 0 Å². The number of methoxy groups -OCH3 is 1. The number of nitrogens with two attached hydrogens (primary N) is 1. The zero-order valence-electron chi connectivity index (χ0n) is 10.6. The Morgan fingerprint density at radius 1 is 1.41 bits per heavy atom. The van der Waals surface area contributed by atoms with Crippen LogP contribution in [0.4, 0.5) is 0 Å². The van der Waals surface area contributed by atoms with Crippen molar-refractivity contribution < 1.29 is 9.53 Å². The molecule has 1 rings (SSSR count). The Bertz CT molecular complexity index is 363. The fourth-order valence-corrected chi connectivity index (χ4v) is 1.75. The lowest BCUT2D eigenvalue weighted by Gasteiger charge is -2.11. The van der Waals surface area contributed by atoms with Gasteiger partial charge in [0.1, 0.15) is 5.75 Å². The summed E-state index contributed by atoms with van der Waals surface area (Å²) >= 11 is 0. The molecule has 0 spiro atoms. The van der Waals surface area contributed by atoms with E-state index in [4.69, 9.17) is 10.5 Å². The fourth-order valence-electron chi connectivity index (χ4n) is 1.75. The number of benzene rings is 1. The van der Waals surface area contributed by atoms with Gasteiger partial charge in [0, 0.05) is 12.0 Å². The van der Waals surface area contributed by atoms with Crippen LogP contribution in [0.3, 0.4) is 0 Å². The minimum absolute atomic E-state index is 0.0861. The molecule has 17 heavy (non-hydrogen) atoms. The molecule has 0 aromatic heterocycles. The van der Waals surface area contributed by atoms with Gasteiger partial charge in [0.15, 0.2) is 5.78 Å². The molecular weight excluding hydrogens is 214 g/mol. The van der Waals surface area contributed by atoms with Gasteiger partial charge in [-0.1, -0.05) is 38.0 Å². The van der Waals surface area contributed by atoms with Gasteiger partial charge in [-0.3, -0.25) is 4.79 Å². The number of carbonyl (C=O) groups excluding carboxylic acids is 1. The minimum Gasteiger partial charge on any atom is -0.496 e. The Hall–Kier alpha value is -1.35. The summed E-state index contributed by atoms with van der Waals surface area (Å²) in [4.78, 5) is 11.9. The molecule has 0 fully saturated rings. The maximum atomic E-state index is 11.9. The molecule has 3 heteroatoms. The molecule has 1 aromatic carbocycles. The summed E-state index contributed by atoms with van der Waals surface area (Å²) in [6.45, 7) is 2.09. The summed E-state index contributed by atoms with van der Waals surface area (Å²) in [7, 11) is 1.61. The first-order chi connectivity index (χ1) is 8.19. The van der Waals surface area contributed by atoms with Crippen LogP contribution in [0.2, 0.25) is 0 Å². The monoisotopic (exact) mass is 235 g/mol. The van der Waals surface area contributed by atoms with E-state index < -0.39 is 0 Å². The molecule has 0 amide bonds. The second kappa shape index (κ2) is 7.07. The largest absolute Gasteiger partial charge is 0.496 e. The van der Waals surface area contributed by atoms with Crippen LogP contribution in [0.15, 0.2) is 24.3 Å². The van der Waals surface area contributed by atoms with E-state index >= 15 is 0 Å². The van der Waals surface area contributed by atoms with Crippen molar-refractivity contribution >= 4 is 5.78 Å². The Balaban J connectivity index is 2.61. The van der Waals surface area contributed by atoms with Gasteiger partial charge in [0.25, 0.3) is 0 Å². The fraction of sp³-hybridized carbons (Fsp3) is 0.500. The van der Waals surface area contributed by atoms with Crippen LogP contribution in [-0.4, -0.2) is 18.9 Å². The predicted octanol–water partition coefficient (Wildman–Crippen LogP) is 2.32. The number of hydrogen-bond donors (Lipinski definition) is 1. The van der Waals surface area contributed by atoms with Crippen LogP contribution in [0.1, 0.15) is 31.7 Å². The highest BCUT2D eigenvalue weighted by atomic mass is 16.5. The molecule has 3 nitrogen and oxygen atoms in total. The van der Waals surface area contributed by atoms with E-state index in [1.807, 2.05) is 24.3 Å². The van der Waals surface area contributed by atoms with Gasteiger partial charge in [0.2, 0.25) is 0 Å². The molecule has 1 unspecified atom stereocenters. The predicted molar refractivity (Wildman–Crippen MR) is 69.2 cm³/mol. The Morgan fingerprint density at radius 2 is 2.12 bits per heavy atom. The van der Waals surface area contributed by atoms with Crippen LogP contribution >= 0.6 is 0 Å². The van der Waals surface area contributed by atoms with Gasteiger partial charge in [-0.2, -0.15) is 0 Å². The number of Topliss-reactive ketones (excluding diaryl/α,β-unsaturated/α-hetero) is 1. The lowest BCUT2D eigenvalue weighted by atomic mass is 10.00. The normalized spacial score (nSPS) is 12.2. The summed E-state index contributed by atoms with van der Waals surface area (Å²) in [5, 5.41) is 0. The number of carbonyl (C=O) groups is 1. The zero-order valence-corrected chi connectivity index (χ0v) is 10.6. The van der Waals surface area contributed by atoms with Crippen molar-refractivity contribution in [3.05, 3.63) is 29.8 Å². The first-order valence-corrected chi connectivity index (χ1v) is 6.09. The molecule has 0 saturated carbocycles. The molecule has 1 aromatic rings. The molecule has 1 atom stereocenters. The van der Waals surface area contributed by atoms with Crippen LogP contribution < -0.4 is 10.5 Å². The van der Waals surface area contributed by atoms with Crippen LogP contribution in [-0.2, 0) is 11.2 Å². The molecule has 94 valence electrons. The number of unbranched alkanes of at least 4 members (excludes halogenated alkanes) is 1. The molecule has 0 aliphatic carbocycles. The van der Waals surface area contributed by atoms with Crippen molar-refractivity contribution in [1.82, 2.24) is 0 Å². The maximum Gasteiger partial charge on any atom is 0.154 e. The van der Waals surface area contributed by atoms with E-state index in [-0.39, 0.29) is 11.8 Å². The minimum atomic E-state index is -0.347. The Kier molecular flexibility index (Phi) is 5.70. The van der Waals surface area contributed by atoms with Gasteiger partial charge in [-0.05, 0) is 12.5 Å². The highest BCUT2D eigenvalue weighted by Gasteiger charge is 2.15. The van der Waals surface area contributed by atoms with Crippen molar-refractivity contribution in [2.24, 2.45) is 5.73 Å². The van der Waals surface area contributed by atoms with Gasteiger partial charge >= 0.3 is 0 Å².